The van der Waals surface area contributed by atoms with Crippen LogP contribution in [0.2, 0.25) is 0 Å². The zero-order valence-electron chi connectivity index (χ0n) is 13.0. The van der Waals surface area contributed by atoms with Gasteiger partial charge in [-0.3, -0.25) is 14.9 Å². The number of aryl methyl sites for hydroxylation is 1. The van der Waals surface area contributed by atoms with Crippen LogP contribution in [0.5, 0.6) is 0 Å². The first kappa shape index (κ1) is 16.1. The average Bonchev–Trinajstić information content (AvgIpc) is 3.23. The maximum Gasteiger partial charge on any atom is 0.267 e. The Bertz CT molecular complexity index is 960. The van der Waals surface area contributed by atoms with Crippen LogP contribution in [0.25, 0.3) is 10.4 Å². The van der Waals surface area contributed by atoms with Gasteiger partial charge in [0.2, 0.25) is 0 Å². The number of halogens is 1. The Kier molecular flexibility index (Phi) is 4.19. The van der Waals surface area contributed by atoms with Crippen LogP contribution in [0.1, 0.15) is 37.9 Å². The van der Waals surface area contributed by atoms with Crippen molar-refractivity contribution in [3.05, 3.63) is 57.7 Å². The Hall–Kier alpha value is -2.38. The van der Waals surface area contributed by atoms with E-state index >= 15 is 0 Å². The molecule has 0 atom stereocenters. The molecule has 1 aliphatic rings. The molecule has 0 radical (unpaired) electrons. The van der Waals surface area contributed by atoms with Crippen molar-refractivity contribution in [3.8, 4) is 10.4 Å². The molecule has 1 aromatic carbocycles. The molecular formula is C18H13FN2O2S2. The van der Waals surface area contributed by atoms with Crippen molar-refractivity contribution in [2.24, 2.45) is 0 Å². The summed E-state index contributed by atoms with van der Waals surface area (Å²) in [6, 6.07) is 9.73. The number of aromatic nitrogens is 1. The largest absolute Gasteiger partial charge is 0.297 e. The van der Waals surface area contributed by atoms with Crippen molar-refractivity contribution in [3.63, 3.8) is 0 Å². The highest BCUT2D eigenvalue weighted by Gasteiger charge is 2.23. The van der Waals surface area contributed by atoms with Gasteiger partial charge in [-0.05, 0) is 42.7 Å². The van der Waals surface area contributed by atoms with E-state index < -0.39 is 0 Å². The molecule has 4 rings (SSSR count). The van der Waals surface area contributed by atoms with Crippen LogP contribution in [-0.4, -0.2) is 16.7 Å². The summed E-state index contributed by atoms with van der Waals surface area (Å²) in [6.45, 7) is 0. The van der Waals surface area contributed by atoms with Crippen LogP contribution in [0.15, 0.2) is 36.4 Å². The van der Waals surface area contributed by atoms with Gasteiger partial charge in [-0.15, -0.1) is 11.3 Å². The highest BCUT2D eigenvalue weighted by atomic mass is 32.1. The van der Waals surface area contributed by atoms with Gasteiger partial charge >= 0.3 is 0 Å². The molecule has 7 heteroatoms. The fourth-order valence-corrected chi connectivity index (χ4v) is 4.59. The van der Waals surface area contributed by atoms with Crippen molar-refractivity contribution >= 4 is 39.5 Å². The van der Waals surface area contributed by atoms with Gasteiger partial charge in [0.1, 0.15) is 5.82 Å². The van der Waals surface area contributed by atoms with E-state index in [0.29, 0.717) is 21.3 Å². The minimum atomic E-state index is -0.291. The van der Waals surface area contributed by atoms with Crippen LogP contribution >= 0.6 is 22.7 Å². The lowest BCUT2D eigenvalue weighted by molar-refractivity contribution is 0.0975. The molecule has 126 valence electrons. The Labute approximate surface area is 151 Å². The van der Waals surface area contributed by atoms with Gasteiger partial charge in [0.25, 0.3) is 5.91 Å². The molecule has 0 saturated heterocycles. The van der Waals surface area contributed by atoms with Gasteiger partial charge in [-0.2, -0.15) is 0 Å². The fraction of sp³-hybridized carbons (Fsp3) is 0.167. The van der Waals surface area contributed by atoms with Crippen molar-refractivity contribution in [1.29, 1.82) is 0 Å². The van der Waals surface area contributed by atoms with Crippen molar-refractivity contribution in [1.82, 2.24) is 4.98 Å². The molecule has 2 aromatic heterocycles. The fourth-order valence-electron chi connectivity index (χ4n) is 2.71. The lowest BCUT2D eigenvalue weighted by Crippen LogP contribution is -2.10. The third-order valence-electron chi connectivity index (χ3n) is 3.95. The molecule has 0 bridgehead atoms. The highest BCUT2D eigenvalue weighted by molar-refractivity contribution is 7.18. The predicted octanol–water partition coefficient (Wildman–Crippen LogP) is 4.78. The Morgan fingerprint density at radius 1 is 1.08 bits per heavy atom. The summed E-state index contributed by atoms with van der Waals surface area (Å²) < 4.78 is 13.0. The average molecular weight is 372 g/mol. The molecule has 0 fully saturated rings. The summed E-state index contributed by atoms with van der Waals surface area (Å²) in [7, 11) is 0. The third kappa shape index (κ3) is 3.25. The monoisotopic (exact) mass is 372 g/mol. The molecule has 0 saturated carbocycles. The van der Waals surface area contributed by atoms with Crippen LogP contribution in [-0.2, 0) is 6.42 Å². The number of carbonyl (C=O) groups is 2. The number of nitrogens with one attached hydrogen (secondary N) is 1. The number of thiophene rings is 1. The van der Waals surface area contributed by atoms with Crippen molar-refractivity contribution < 1.29 is 14.0 Å². The molecule has 3 aromatic rings. The summed E-state index contributed by atoms with van der Waals surface area (Å²) in [4.78, 5) is 30.8. The Morgan fingerprint density at radius 2 is 1.88 bits per heavy atom. The molecule has 1 N–H and O–H groups in total. The number of fused-ring (bicyclic) bond motifs is 1. The van der Waals surface area contributed by atoms with Gasteiger partial charge in [0, 0.05) is 11.3 Å². The van der Waals surface area contributed by atoms with Crippen LogP contribution < -0.4 is 5.32 Å². The quantitative estimate of drug-likeness (QED) is 0.720. The standard InChI is InChI=1S/C18H13FN2O2S2/c19-11-6-4-10(5-7-11)14-8-9-15(24-14)17(23)21-18-20-12-2-1-3-13(22)16(12)25-18/h4-9H,1-3H2,(H,20,21,23). The first-order valence-electron chi connectivity index (χ1n) is 7.80. The lowest BCUT2D eigenvalue weighted by Gasteiger charge is -2.05. The number of ketones is 1. The molecule has 2 heterocycles. The number of rotatable bonds is 3. The van der Waals surface area contributed by atoms with Gasteiger partial charge in [0.05, 0.1) is 15.4 Å². The molecule has 0 unspecified atom stereocenters. The Balaban J connectivity index is 1.52. The summed E-state index contributed by atoms with van der Waals surface area (Å²) in [5.74, 6) is -0.438. The van der Waals surface area contributed by atoms with Gasteiger partial charge in [0.15, 0.2) is 10.9 Å². The molecule has 25 heavy (non-hydrogen) atoms. The maximum absolute atomic E-state index is 13.0. The minimum absolute atomic E-state index is 0.106. The zero-order chi connectivity index (χ0) is 17.4. The number of amides is 1. The second-order valence-electron chi connectivity index (χ2n) is 5.70. The van der Waals surface area contributed by atoms with Gasteiger partial charge in [-0.25, -0.2) is 9.37 Å². The summed E-state index contributed by atoms with van der Waals surface area (Å²) in [5.41, 5.74) is 1.65. The molecule has 0 spiro atoms. The molecule has 0 aliphatic heterocycles. The molecule has 1 amide bonds. The lowest BCUT2D eigenvalue weighted by atomic mass is 10.0. The number of hydrogen-bond acceptors (Lipinski definition) is 5. The van der Waals surface area contributed by atoms with Gasteiger partial charge in [-0.1, -0.05) is 23.5 Å². The zero-order valence-corrected chi connectivity index (χ0v) is 14.7. The van der Waals surface area contributed by atoms with E-state index in [0.717, 1.165) is 29.0 Å². The number of thiazole rings is 1. The van der Waals surface area contributed by atoms with E-state index in [9.17, 15) is 14.0 Å². The van der Waals surface area contributed by atoms with E-state index in [1.54, 1.807) is 18.2 Å². The first-order valence-corrected chi connectivity index (χ1v) is 9.43. The normalized spacial score (nSPS) is 13.6. The van der Waals surface area contributed by atoms with E-state index in [-0.39, 0.29) is 17.5 Å². The number of hydrogen-bond donors (Lipinski definition) is 1. The second-order valence-corrected chi connectivity index (χ2v) is 7.78. The number of Topliss-reactive ketones (excluding diaryl/α,β-unsaturated/α-hetero) is 1. The van der Waals surface area contributed by atoms with Crippen molar-refractivity contribution in [2.75, 3.05) is 5.32 Å². The SMILES string of the molecule is O=C(Nc1nc2c(s1)C(=O)CCC2)c1ccc(-c2ccc(F)cc2)s1. The van der Waals surface area contributed by atoms with Gasteiger partial charge < -0.3 is 0 Å². The first-order chi connectivity index (χ1) is 12.1. The van der Waals surface area contributed by atoms with Crippen LogP contribution in [0, 0.1) is 5.82 Å². The Morgan fingerprint density at radius 3 is 2.64 bits per heavy atom. The topological polar surface area (TPSA) is 59.1 Å². The predicted molar refractivity (Wildman–Crippen MR) is 97.0 cm³/mol. The third-order valence-corrected chi connectivity index (χ3v) is 6.13. The number of nitrogens with zero attached hydrogens (tertiary/aromatic N) is 1. The molecule has 1 aliphatic carbocycles. The summed E-state index contributed by atoms with van der Waals surface area (Å²) in [6.07, 6.45) is 2.14. The van der Waals surface area contributed by atoms with E-state index in [2.05, 4.69) is 10.3 Å². The summed E-state index contributed by atoms with van der Waals surface area (Å²) in [5, 5.41) is 3.24. The van der Waals surface area contributed by atoms with Crippen molar-refractivity contribution in [2.45, 2.75) is 19.3 Å². The minimum Gasteiger partial charge on any atom is -0.297 e. The van der Waals surface area contributed by atoms with E-state index in [1.165, 1.54) is 34.8 Å². The number of benzene rings is 1. The van der Waals surface area contributed by atoms with E-state index in [1.807, 2.05) is 6.07 Å². The highest BCUT2D eigenvalue weighted by Crippen LogP contribution is 2.31. The van der Waals surface area contributed by atoms with E-state index in [4.69, 9.17) is 0 Å². The summed E-state index contributed by atoms with van der Waals surface area (Å²) >= 11 is 2.57. The van der Waals surface area contributed by atoms with Crippen LogP contribution in [0.4, 0.5) is 9.52 Å². The maximum atomic E-state index is 13.0. The molecular weight excluding hydrogens is 359 g/mol. The number of anilines is 1. The number of carbonyl (C=O) groups excluding carboxylic acids is 2. The molecule has 4 nitrogen and oxygen atoms in total. The van der Waals surface area contributed by atoms with Crippen LogP contribution in [0.3, 0.4) is 0 Å². The smallest absolute Gasteiger partial charge is 0.267 e. The second kappa shape index (κ2) is 6.50.